The van der Waals surface area contributed by atoms with Gasteiger partial charge in [-0.1, -0.05) is 58.8 Å². The minimum absolute atomic E-state index is 0.494. The van der Waals surface area contributed by atoms with Crippen LogP contribution in [0.15, 0.2) is 58.8 Å². The molecule has 88 valence electrons. The van der Waals surface area contributed by atoms with E-state index < -0.39 is 0 Å². The summed E-state index contributed by atoms with van der Waals surface area (Å²) >= 11 is 0. The Morgan fingerprint density at radius 3 is 1.06 bits per heavy atom. The molecule has 0 spiro atoms. The molecule has 2 aromatic carbocycles. The van der Waals surface area contributed by atoms with Crippen LogP contribution >= 0.6 is 0 Å². The van der Waals surface area contributed by atoms with Gasteiger partial charge in [0.1, 0.15) is 11.4 Å². The van der Waals surface area contributed by atoms with Gasteiger partial charge in [-0.3, -0.25) is 0 Å². The zero-order valence-corrected chi connectivity index (χ0v) is 9.41. The van der Waals surface area contributed by atoms with Crippen LogP contribution < -0.4 is 0 Å². The summed E-state index contributed by atoms with van der Waals surface area (Å²) in [6.45, 7) is 0. The molecule has 1 aliphatic carbocycles. The van der Waals surface area contributed by atoms with Gasteiger partial charge in [-0.15, -0.1) is 0 Å². The lowest BCUT2D eigenvalue weighted by molar-refractivity contribution is 0.318. The van der Waals surface area contributed by atoms with Crippen molar-refractivity contribution in [3.05, 3.63) is 70.8 Å². The Morgan fingerprint density at radius 2 is 0.833 bits per heavy atom. The standard InChI is InChI=1S/C14H10N2O2/c17-15-13-9-5-1-2-6-10(9)14(16-18)12-8-4-3-7-11(12)13/h1-8,17-18H. The average Bonchev–Trinajstić information content (AvgIpc) is 2.44. The van der Waals surface area contributed by atoms with E-state index in [-0.39, 0.29) is 0 Å². The summed E-state index contributed by atoms with van der Waals surface area (Å²) in [5, 5.41) is 25.2. The zero-order valence-electron chi connectivity index (χ0n) is 9.41. The second-order valence-corrected chi connectivity index (χ2v) is 3.99. The molecule has 0 unspecified atom stereocenters. The molecule has 0 atom stereocenters. The van der Waals surface area contributed by atoms with Crippen LogP contribution in [0.2, 0.25) is 0 Å². The van der Waals surface area contributed by atoms with Crippen molar-refractivity contribution in [2.45, 2.75) is 0 Å². The number of benzene rings is 2. The van der Waals surface area contributed by atoms with Crippen LogP contribution in [0, 0.1) is 0 Å². The molecule has 4 nitrogen and oxygen atoms in total. The Morgan fingerprint density at radius 1 is 0.556 bits per heavy atom. The first-order chi connectivity index (χ1) is 8.86. The van der Waals surface area contributed by atoms with Crippen LogP contribution in [-0.2, 0) is 0 Å². The molecule has 3 rings (SSSR count). The van der Waals surface area contributed by atoms with Crippen molar-refractivity contribution in [1.29, 1.82) is 0 Å². The summed E-state index contributed by atoms with van der Waals surface area (Å²) in [5.74, 6) is 0. The van der Waals surface area contributed by atoms with Crippen LogP contribution in [0.1, 0.15) is 22.3 Å². The van der Waals surface area contributed by atoms with Gasteiger partial charge in [-0.25, -0.2) is 0 Å². The first kappa shape index (κ1) is 10.5. The number of hydrogen-bond donors (Lipinski definition) is 2. The monoisotopic (exact) mass is 238 g/mol. The Hall–Kier alpha value is -2.62. The smallest absolute Gasteiger partial charge is 0.118 e. The molecular weight excluding hydrogens is 228 g/mol. The Bertz CT molecular complexity index is 565. The lowest BCUT2D eigenvalue weighted by Gasteiger charge is -2.20. The third kappa shape index (κ3) is 1.32. The van der Waals surface area contributed by atoms with Crippen molar-refractivity contribution < 1.29 is 10.4 Å². The normalized spacial score (nSPS) is 12.7. The van der Waals surface area contributed by atoms with Gasteiger partial charge in [0.2, 0.25) is 0 Å². The first-order valence-electron chi connectivity index (χ1n) is 5.50. The van der Waals surface area contributed by atoms with Crippen LogP contribution in [0.5, 0.6) is 0 Å². The van der Waals surface area contributed by atoms with Gasteiger partial charge in [0.15, 0.2) is 0 Å². The van der Waals surface area contributed by atoms with E-state index in [1.165, 1.54) is 0 Å². The van der Waals surface area contributed by atoms with E-state index in [4.69, 9.17) is 0 Å². The van der Waals surface area contributed by atoms with E-state index in [1.807, 2.05) is 48.5 Å². The van der Waals surface area contributed by atoms with Crippen molar-refractivity contribution in [2.75, 3.05) is 0 Å². The predicted octanol–water partition coefficient (Wildman–Crippen LogP) is 2.45. The van der Waals surface area contributed by atoms with Gasteiger partial charge in [-0.2, -0.15) is 0 Å². The SMILES string of the molecule is ON=C1c2ccccc2C(=NO)c2ccccc21. The van der Waals surface area contributed by atoms with E-state index in [2.05, 4.69) is 10.3 Å². The fourth-order valence-electron chi connectivity index (χ4n) is 2.30. The Kier molecular flexibility index (Phi) is 2.34. The molecule has 0 aromatic heterocycles. The van der Waals surface area contributed by atoms with Crippen molar-refractivity contribution >= 4 is 11.4 Å². The molecule has 4 heteroatoms. The highest BCUT2D eigenvalue weighted by Gasteiger charge is 2.26. The molecule has 0 heterocycles. The quantitative estimate of drug-likeness (QED) is 0.466. The predicted molar refractivity (Wildman–Crippen MR) is 67.7 cm³/mol. The maximum absolute atomic E-state index is 9.23. The highest BCUT2D eigenvalue weighted by Crippen LogP contribution is 2.27. The largest absolute Gasteiger partial charge is 0.410 e. The molecule has 0 saturated carbocycles. The molecule has 0 bridgehead atoms. The third-order valence-electron chi connectivity index (χ3n) is 3.07. The van der Waals surface area contributed by atoms with Gasteiger partial charge in [-0.05, 0) is 0 Å². The van der Waals surface area contributed by atoms with E-state index >= 15 is 0 Å². The van der Waals surface area contributed by atoms with Crippen LogP contribution in [0.25, 0.3) is 0 Å². The maximum Gasteiger partial charge on any atom is 0.118 e. The Balaban J connectivity index is 2.40. The number of oxime groups is 2. The molecule has 2 aromatic rings. The second-order valence-electron chi connectivity index (χ2n) is 3.99. The summed E-state index contributed by atoms with van der Waals surface area (Å²) in [7, 11) is 0. The highest BCUT2D eigenvalue weighted by atomic mass is 16.4. The lowest BCUT2D eigenvalue weighted by Crippen LogP contribution is -2.22. The molecule has 18 heavy (non-hydrogen) atoms. The number of hydrogen-bond acceptors (Lipinski definition) is 4. The number of rotatable bonds is 0. The van der Waals surface area contributed by atoms with E-state index in [9.17, 15) is 10.4 Å². The summed E-state index contributed by atoms with van der Waals surface area (Å²) < 4.78 is 0. The van der Waals surface area contributed by atoms with Crippen LogP contribution in [0.3, 0.4) is 0 Å². The molecule has 2 N–H and O–H groups in total. The third-order valence-corrected chi connectivity index (χ3v) is 3.07. The van der Waals surface area contributed by atoms with Gasteiger partial charge >= 0.3 is 0 Å². The van der Waals surface area contributed by atoms with E-state index in [0.29, 0.717) is 11.4 Å². The molecular formula is C14H10N2O2. The number of fused-ring (bicyclic) bond motifs is 2. The summed E-state index contributed by atoms with van der Waals surface area (Å²) in [6.07, 6.45) is 0. The summed E-state index contributed by atoms with van der Waals surface area (Å²) in [5.41, 5.74) is 4.01. The zero-order chi connectivity index (χ0) is 12.5. The molecule has 0 fully saturated rings. The van der Waals surface area contributed by atoms with Crippen LogP contribution in [0.4, 0.5) is 0 Å². The molecule has 0 radical (unpaired) electrons. The molecule has 0 saturated heterocycles. The van der Waals surface area contributed by atoms with Crippen molar-refractivity contribution in [2.24, 2.45) is 10.3 Å². The van der Waals surface area contributed by atoms with Crippen molar-refractivity contribution in [1.82, 2.24) is 0 Å². The van der Waals surface area contributed by atoms with Gasteiger partial charge < -0.3 is 10.4 Å². The lowest BCUT2D eigenvalue weighted by atomic mass is 9.83. The Labute approximate surface area is 103 Å². The van der Waals surface area contributed by atoms with Crippen LogP contribution in [-0.4, -0.2) is 21.8 Å². The highest BCUT2D eigenvalue weighted by molar-refractivity contribution is 6.31. The molecule has 1 aliphatic rings. The number of nitrogens with zero attached hydrogens (tertiary/aromatic N) is 2. The van der Waals surface area contributed by atoms with Crippen molar-refractivity contribution in [3.8, 4) is 0 Å². The van der Waals surface area contributed by atoms with Gasteiger partial charge in [0, 0.05) is 22.3 Å². The summed E-state index contributed by atoms with van der Waals surface area (Å²) in [6, 6.07) is 14.8. The minimum Gasteiger partial charge on any atom is -0.410 e. The fourth-order valence-corrected chi connectivity index (χ4v) is 2.30. The average molecular weight is 238 g/mol. The van der Waals surface area contributed by atoms with Crippen molar-refractivity contribution in [3.63, 3.8) is 0 Å². The topological polar surface area (TPSA) is 65.2 Å². The molecule has 0 amide bonds. The van der Waals surface area contributed by atoms with E-state index in [1.54, 1.807) is 0 Å². The van der Waals surface area contributed by atoms with Gasteiger partial charge in [0.05, 0.1) is 0 Å². The second kappa shape index (κ2) is 4.00. The maximum atomic E-state index is 9.23. The van der Waals surface area contributed by atoms with E-state index in [0.717, 1.165) is 22.3 Å². The minimum atomic E-state index is 0.494. The van der Waals surface area contributed by atoms with Gasteiger partial charge in [0.25, 0.3) is 0 Å². The summed E-state index contributed by atoms with van der Waals surface area (Å²) in [4.78, 5) is 0. The fraction of sp³-hybridized carbons (Fsp3) is 0. The molecule has 0 aliphatic heterocycles. The first-order valence-corrected chi connectivity index (χ1v) is 5.50.